The molecule has 0 unspecified atom stereocenters. The number of hydrogen-bond donors (Lipinski definition) is 2. The molecule has 6 rings (SSSR count). The molecule has 0 aromatic heterocycles. The number of hydrogen-bond acceptors (Lipinski definition) is 2. The van der Waals surface area contributed by atoms with Crippen LogP contribution in [0.2, 0.25) is 0 Å². The summed E-state index contributed by atoms with van der Waals surface area (Å²) in [5, 5.41) is 7.95. The van der Waals surface area contributed by atoms with Gasteiger partial charge in [-0.1, -0.05) is 133 Å². The summed E-state index contributed by atoms with van der Waals surface area (Å²) in [5.41, 5.74) is 2.44. The van der Waals surface area contributed by atoms with Gasteiger partial charge in [0.05, 0.1) is 0 Å². The van der Waals surface area contributed by atoms with Crippen molar-refractivity contribution in [2.75, 3.05) is 0 Å². The van der Waals surface area contributed by atoms with Gasteiger partial charge < -0.3 is 0 Å². The molecule has 6 aromatic carbocycles. The van der Waals surface area contributed by atoms with Crippen molar-refractivity contribution in [1.82, 2.24) is 0 Å². The van der Waals surface area contributed by atoms with E-state index in [1.54, 1.807) is 0 Å². The highest BCUT2D eigenvalue weighted by molar-refractivity contribution is 7.81. The Morgan fingerprint density at radius 2 is 0.600 bits per heavy atom. The van der Waals surface area contributed by atoms with Gasteiger partial charge in [0.1, 0.15) is 0 Å². The number of thiol groups is 2. The maximum absolute atomic E-state index is 4.84. The SMILES string of the molecule is Sc1ccc(P(c2ccccc2)c2ccccc2)c(-c2cc(S)ccc2P(c2ccccc2)c2ccccc2)c1. The molecule has 0 radical (unpaired) electrons. The summed E-state index contributed by atoms with van der Waals surface area (Å²) >= 11 is 9.68. The molecule has 0 saturated heterocycles. The minimum absolute atomic E-state index is 0.804. The third kappa shape index (κ3) is 5.83. The lowest BCUT2D eigenvalue weighted by atomic mass is 10.1. The molecule has 6 aromatic rings. The minimum atomic E-state index is -0.804. The largest absolute Gasteiger partial charge is 0.143 e. The summed E-state index contributed by atoms with van der Waals surface area (Å²) in [5.74, 6) is 0. The first-order chi connectivity index (χ1) is 19.7. The molecule has 0 heterocycles. The van der Waals surface area contributed by atoms with Gasteiger partial charge in [0, 0.05) is 9.79 Å². The molecule has 0 amide bonds. The van der Waals surface area contributed by atoms with Crippen LogP contribution < -0.4 is 31.8 Å². The fraction of sp³-hybridized carbons (Fsp3) is 0. The van der Waals surface area contributed by atoms with Crippen LogP contribution in [-0.4, -0.2) is 0 Å². The predicted molar refractivity (Wildman–Crippen MR) is 184 cm³/mol. The van der Waals surface area contributed by atoms with Crippen LogP contribution in [0, 0.1) is 0 Å². The average Bonchev–Trinajstić information content (AvgIpc) is 3.01. The smallest absolute Gasteiger partial charge is 0.00466 e. The molecule has 0 N–H and O–H groups in total. The van der Waals surface area contributed by atoms with Gasteiger partial charge in [0.15, 0.2) is 0 Å². The highest BCUT2D eigenvalue weighted by atomic mass is 32.1. The highest BCUT2D eigenvalue weighted by Crippen LogP contribution is 2.42. The Balaban J connectivity index is 1.63. The fourth-order valence-electron chi connectivity index (χ4n) is 5.03. The quantitative estimate of drug-likeness (QED) is 0.141. The van der Waals surface area contributed by atoms with Gasteiger partial charge in [-0.15, -0.1) is 25.3 Å². The lowest BCUT2D eigenvalue weighted by Crippen LogP contribution is -2.25. The Kier molecular flexibility index (Phi) is 8.52. The van der Waals surface area contributed by atoms with E-state index in [1.165, 1.54) is 43.0 Å². The molecule has 0 fully saturated rings. The van der Waals surface area contributed by atoms with Gasteiger partial charge in [0.25, 0.3) is 0 Å². The molecule has 194 valence electrons. The monoisotopic (exact) mass is 586 g/mol. The lowest BCUT2D eigenvalue weighted by molar-refractivity contribution is 1.46. The van der Waals surface area contributed by atoms with Crippen molar-refractivity contribution in [3.8, 4) is 11.1 Å². The van der Waals surface area contributed by atoms with Gasteiger partial charge >= 0.3 is 0 Å². The zero-order valence-electron chi connectivity index (χ0n) is 21.8. The van der Waals surface area contributed by atoms with Crippen LogP contribution in [0.5, 0.6) is 0 Å². The molecule has 0 aliphatic heterocycles. The third-order valence-electron chi connectivity index (χ3n) is 6.79. The van der Waals surface area contributed by atoms with Crippen molar-refractivity contribution < 1.29 is 0 Å². The molecule has 0 bridgehead atoms. The Morgan fingerprint density at radius 3 is 0.875 bits per heavy atom. The van der Waals surface area contributed by atoms with E-state index >= 15 is 0 Å². The van der Waals surface area contributed by atoms with Gasteiger partial charge in [-0.25, -0.2) is 0 Å². The summed E-state index contributed by atoms with van der Waals surface area (Å²) in [7, 11) is -1.61. The molecule has 0 atom stereocenters. The molecule has 40 heavy (non-hydrogen) atoms. The van der Waals surface area contributed by atoms with Crippen molar-refractivity contribution in [2.45, 2.75) is 9.79 Å². The normalized spacial score (nSPS) is 11.2. The van der Waals surface area contributed by atoms with Crippen molar-refractivity contribution in [2.24, 2.45) is 0 Å². The van der Waals surface area contributed by atoms with Gasteiger partial charge in [-0.3, -0.25) is 0 Å². The van der Waals surface area contributed by atoms with Crippen LogP contribution in [0.1, 0.15) is 0 Å². The Morgan fingerprint density at radius 1 is 0.325 bits per heavy atom. The van der Waals surface area contributed by atoms with E-state index in [-0.39, 0.29) is 0 Å². The summed E-state index contributed by atoms with van der Waals surface area (Å²) < 4.78 is 0. The summed E-state index contributed by atoms with van der Waals surface area (Å²) in [6, 6.07) is 56.9. The molecule has 0 saturated carbocycles. The second-order valence-corrected chi connectivity index (χ2v) is 14.8. The van der Waals surface area contributed by atoms with Crippen LogP contribution in [0.4, 0.5) is 0 Å². The third-order valence-corrected chi connectivity index (χ3v) is 12.3. The highest BCUT2D eigenvalue weighted by Gasteiger charge is 2.25. The van der Waals surface area contributed by atoms with Crippen LogP contribution in [0.15, 0.2) is 168 Å². The molecule has 4 heteroatoms. The van der Waals surface area contributed by atoms with Crippen molar-refractivity contribution in [3.05, 3.63) is 158 Å². The first kappa shape index (κ1) is 27.1. The number of benzene rings is 6. The second-order valence-electron chi connectivity index (χ2n) is 9.42. The van der Waals surface area contributed by atoms with E-state index in [4.69, 9.17) is 25.3 Å². The molecule has 0 aliphatic carbocycles. The van der Waals surface area contributed by atoms with Gasteiger partial charge in [-0.2, -0.15) is 0 Å². The van der Waals surface area contributed by atoms with Gasteiger partial charge in [-0.05, 0) is 83.1 Å². The van der Waals surface area contributed by atoms with E-state index in [0.29, 0.717) is 0 Å². The van der Waals surface area contributed by atoms with E-state index in [0.717, 1.165) is 9.79 Å². The van der Waals surface area contributed by atoms with E-state index in [1.807, 2.05) is 0 Å². The van der Waals surface area contributed by atoms with Crippen LogP contribution in [0.3, 0.4) is 0 Å². The molecular formula is C36H28P2S2. The summed E-state index contributed by atoms with van der Waals surface area (Å²) in [6.45, 7) is 0. The van der Waals surface area contributed by atoms with E-state index in [9.17, 15) is 0 Å². The predicted octanol–water partition coefficient (Wildman–Crippen LogP) is 7.45. The van der Waals surface area contributed by atoms with Crippen LogP contribution >= 0.6 is 41.1 Å². The summed E-state index contributed by atoms with van der Waals surface area (Å²) in [4.78, 5) is 1.91. The van der Waals surface area contributed by atoms with Gasteiger partial charge in [0.2, 0.25) is 0 Å². The standard InChI is InChI=1S/C36H28P2S2/c39-31-21-23-35(37(27-13-5-1-6-14-27)28-15-7-2-8-16-28)33(25-31)34-26-32(40)22-24-36(34)38(29-17-9-3-10-18-29)30-19-11-4-12-20-30/h1-26,39-40H. The van der Waals surface area contributed by atoms with E-state index < -0.39 is 15.8 Å². The minimum Gasteiger partial charge on any atom is -0.143 e. The topological polar surface area (TPSA) is 0 Å². The summed E-state index contributed by atoms with van der Waals surface area (Å²) in [6.07, 6.45) is 0. The Bertz CT molecular complexity index is 1500. The first-order valence-electron chi connectivity index (χ1n) is 13.2. The average molecular weight is 587 g/mol. The van der Waals surface area contributed by atoms with Crippen molar-refractivity contribution in [1.29, 1.82) is 0 Å². The maximum Gasteiger partial charge on any atom is 0.00466 e. The first-order valence-corrected chi connectivity index (χ1v) is 16.7. The maximum atomic E-state index is 4.84. The lowest BCUT2D eigenvalue weighted by Gasteiger charge is -2.27. The molecule has 0 nitrogen and oxygen atoms in total. The molecule has 0 spiro atoms. The Labute approximate surface area is 250 Å². The molecule has 0 aliphatic rings. The second kappa shape index (κ2) is 12.6. The van der Waals surface area contributed by atoms with Crippen LogP contribution in [0.25, 0.3) is 11.1 Å². The fourth-order valence-corrected chi connectivity index (χ4v) is 10.3. The zero-order valence-corrected chi connectivity index (χ0v) is 25.4. The number of rotatable bonds is 7. The van der Waals surface area contributed by atoms with Crippen molar-refractivity contribution in [3.63, 3.8) is 0 Å². The zero-order chi connectivity index (χ0) is 27.3. The molecular weight excluding hydrogens is 558 g/mol. The van der Waals surface area contributed by atoms with Crippen LogP contribution in [-0.2, 0) is 0 Å². The Hall–Kier alpha value is -3.12. The van der Waals surface area contributed by atoms with Crippen molar-refractivity contribution >= 4 is 72.9 Å². The van der Waals surface area contributed by atoms with E-state index in [2.05, 4.69) is 158 Å².